The van der Waals surface area contributed by atoms with E-state index in [1.807, 2.05) is 61.5 Å². The maximum absolute atomic E-state index is 13.2. The lowest BCUT2D eigenvalue weighted by molar-refractivity contribution is 0.0685. The molecule has 4 aromatic rings. The fourth-order valence-corrected chi connectivity index (χ4v) is 6.72. The quantitative estimate of drug-likeness (QED) is 0.190. The molecular formula is C34H41N5O6S. The van der Waals surface area contributed by atoms with Gasteiger partial charge < -0.3 is 14.6 Å². The van der Waals surface area contributed by atoms with Gasteiger partial charge in [-0.2, -0.15) is 13.5 Å². The van der Waals surface area contributed by atoms with Crippen molar-refractivity contribution in [3.63, 3.8) is 0 Å². The van der Waals surface area contributed by atoms with Gasteiger partial charge in [0.2, 0.25) is 0 Å². The third-order valence-corrected chi connectivity index (χ3v) is 9.29. The van der Waals surface area contributed by atoms with Gasteiger partial charge in [0.15, 0.2) is 0 Å². The summed E-state index contributed by atoms with van der Waals surface area (Å²) in [5.41, 5.74) is 4.23. The number of anilines is 2. The van der Waals surface area contributed by atoms with Gasteiger partial charge in [0.1, 0.15) is 27.8 Å². The molecule has 0 spiro atoms. The Morgan fingerprint density at radius 3 is 2.28 bits per heavy atom. The third kappa shape index (κ3) is 7.34. The van der Waals surface area contributed by atoms with Crippen LogP contribution in [-0.2, 0) is 22.0 Å². The Morgan fingerprint density at radius 2 is 1.65 bits per heavy atom. The van der Waals surface area contributed by atoms with Crippen LogP contribution in [-0.4, -0.2) is 52.7 Å². The summed E-state index contributed by atoms with van der Waals surface area (Å²) in [5.74, 6) is 0.553. The number of amides is 3. The van der Waals surface area contributed by atoms with Gasteiger partial charge in [-0.25, -0.2) is 9.48 Å². The molecule has 0 atom stereocenters. The van der Waals surface area contributed by atoms with Gasteiger partial charge in [0.05, 0.1) is 11.4 Å². The number of carbonyl (C=O) groups is 2. The standard InChI is InChI=1S/C34H41N5O6S/c1-21-10-12-27(13-11-21)39-29(20-28(37-39)34(4,5)6)36-33(41)35-26-9-7-8-25(19-26)18-24-14-16-38(17-15-24)32(40)30-22(2)45-23(3)31(30)46(42,43)44/h7-13,19-20,24H,14-18H2,1-6H3,(H2,35,36,41)(H,42,43,44). The van der Waals surface area contributed by atoms with Crippen molar-refractivity contribution in [3.8, 4) is 5.69 Å². The van der Waals surface area contributed by atoms with Crippen LogP contribution >= 0.6 is 0 Å². The first-order chi connectivity index (χ1) is 21.6. The van der Waals surface area contributed by atoms with E-state index in [9.17, 15) is 22.6 Å². The number of urea groups is 1. The van der Waals surface area contributed by atoms with Crippen molar-refractivity contribution in [2.24, 2.45) is 5.92 Å². The third-order valence-electron chi connectivity index (χ3n) is 8.29. The van der Waals surface area contributed by atoms with Gasteiger partial charge in [-0.05, 0) is 75.8 Å². The molecule has 1 fully saturated rings. The molecule has 0 aliphatic carbocycles. The fourth-order valence-electron chi connectivity index (χ4n) is 5.83. The molecule has 0 unspecified atom stereocenters. The van der Waals surface area contributed by atoms with Crippen LogP contribution in [0, 0.1) is 26.7 Å². The van der Waals surface area contributed by atoms with Gasteiger partial charge in [-0.1, -0.05) is 50.6 Å². The van der Waals surface area contributed by atoms with E-state index >= 15 is 0 Å². The largest absolute Gasteiger partial charge is 0.464 e. The molecule has 244 valence electrons. The number of nitrogens with zero attached hydrogens (tertiary/aromatic N) is 3. The average Bonchev–Trinajstić information content (AvgIpc) is 3.53. The van der Waals surface area contributed by atoms with Crippen LogP contribution in [0.5, 0.6) is 0 Å². The summed E-state index contributed by atoms with van der Waals surface area (Å²) < 4.78 is 40.6. The fraction of sp³-hybridized carbons (Fsp3) is 0.382. The van der Waals surface area contributed by atoms with Crippen molar-refractivity contribution >= 4 is 33.6 Å². The zero-order valence-electron chi connectivity index (χ0n) is 27.0. The maximum atomic E-state index is 13.2. The Morgan fingerprint density at radius 1 is 0.978 bits per heavy atom. The summed E-state index contributed by atoms with van der Waals surface area (Å²) in [6.45, 7) is 12.1. The van der Waals surface area contributed by atoms with E-state index in [0.29, 0.717) is 30.5 Å². The highest BCUT2D eigenvalue weighted by Crippen LogP contribution is 2.31. The van der Waals surface area contributed by atoms with E-state index < -0.39 is 20.9 Å². The molecule has 5 rings (SSSR count). The topological polar surface area (TPSA) is 147 Å². The van der Waals surface area contributed by atoms with Crippen LogP contribution in [0.3, 0.4) is 0 Å². The summed E-state index contributed by atoms with van der Waals surface area (Å²) >= 11 is 0. The molecule has 0 radical (unpaired) electrons. The van der Waals surface area contributed by atoms with Crippen LogP contribution in [0.15, 0.2) is 63.9 Å². The van der Waals surface area contributed by atoms with Crippen molar-refractivity contribution in [3.05, 3.63) is 88.5 Å². The van der Waals surface area contributed by atoms with Crippen molar-refractivity contribution in [2.45, 2.75) is 71.1 Å². The predicted molar refractivity (Wildman–Crippen MR) is 176 cm³/mol. The summed E-state index contributed by atoms with van der Waals surface area (Å²) in [6.07, 6.45) is 2.20. The van der Waals surface area contributed by atoms with Crippen LogP contribution in [0.4, 0.5) is 16.3 Å². The highest BCUT2D eigenvalue weighted by Gasteiger charge is 2.33. The molecule has 46 heavy (non-hydrogen) atoms. The molecule has 12 heteroatoms. The van der Waals surface area contributed by atoms with E-state index in [1.54, 1.807) is 9.58 Å². The molecular weight excluding hydrogens is 606 g/mol. The number of aromatic nitrogens is 2. The second-order valence-electron chi connectivity index (χ2n) is 13.0. The Labute approximate surface area is 269 Å². The second-order valence-corrected chi connectivity index (χ2v) is 14.4. The molecule has 2 aromatic heterocycles. The molecule has 3 heterocycles. The van der Waals surface area contributed by atoms with Gasteiger partial charge in [-0.15, -0.1) is 0 Å². The number of benzene rings is 2. The molecule has 1 aliphatic heterocycles. The van der Waals surface area contributed by atoms with E-state index in [4.69, 9.17) is 9.52 Å². The number of hydrogen-bond acceptors (Lipinski definition) is 6. The normalized spacial score (nSPS) is 14.4. The molecule has 0 saturated carbocycles. The predicted octanol–water partition coefficient (Wildman–Crippen LogP) is 6.67. The van der Waals surface area contributed by atoms with Gasteiger partial charge >= 0.3 is 6.03 Å². The van der Waals surface area contributed by atoms with E-state index in [-0.39, 0.29) is 28.5 Å². The number of carbonyl (C=O) groups excluding carboxylic acids is 2. The van der Waals surface area contributed by atoms with Gasteiger partial charge in [0, 0.05) is 30.3 Å². The lowest BCUT2D eigenvalue weighted by Crippen LogP contribution is -2.39. The molecule has 11 nitrogen and oxygen atoms in total. The Balaban J connectivity index is 1.22. The van der Waals surface area contributed by atoms with E-state index in [2.05, 4.69) is 31.4 Å². The summed E-state index contributed by atoms with van der Waals surface area (Å²) in [5, 5.41) is 10.7. The molecule has 1 saturated heterocycles. The molecule has 1 aliphatic rings. The van der Waals surface area contributed by atoms with Crippen molar-refractivity contribution in [2.75, 3.05) is 23.7 Å². The highest BCUT2D eigenvalue weighted by atomic mass is 32.2. The van der Waals surface area contributed by atoms with Crippen molar-refractivity contribution in [1.82, 2.24) is 14.7 Å². The van der Waals surface area contributed by atoms with Crippen LogP contribution in [0.1, 0.15) is 72.3 Å². The first-order valence-corrected chi connectivity index (χ1v) is 16.8. The minimum absolute atomic E-state index is 0.00744. The highest BCUT2D eigenvalue weighted by molar-refractivity contribution is 7.86. The molecule has 3 amide bonds. The smallest absolute Gasteiger partial charge is 0.324 e. The van der Waals surface area contributed by atoms with Gasteiger partial charge in [-0.3, -0.25) is 14.7 Å². The molecule has 2 aromatic carbocycles. The monoisotopic (exact) mass is 647 g/mol. The SMILES string of the molecule is Cc1ccc(-n2nc(C(C)(C)C)cc2NC(=O)Nc2cccc(CC3CCN(C(=O)c4c(C)oc(C)c4S(=O)(=O)O)CC3)c2)cc1. The number of nitrogens with one attached hydrogen (secondary N) is 2. The number of hydrogen-bond donors (Lipinski definition) is 3. The van der Waals surface area contributed by atoms with Crippen LogP contribution < -0.4 is 10.6 Å². The number of aryl methyl sites for hydroxylation is 3. The zero-order chi connectivity index (χ0) is 33.4. The van der Waals surface area contributed by atoms with Crippen molar-refractivity contribution in [1.29, 1.82) is 0 Å². The summed E-state index contributed by atoms with van der Waals surface area (Å²) in [7, 11) is -4.61. The number of rotatable bonds is 7. The lowest BCUT2D eigenvalue weighted by Gasteiger charge is -2.32. The van der Waals surface area contributed by atoms with Crippen molar-refractivity contribution < 1.29 is 27.0 Å². The maximum Gasteiger partial charge on any atom is 0.324 e. The summed E-state index contributed by atoms with van der Waals surface area (Å²) in [4.78, 5) is 27.5. The van der Waals surface area contributed by atoms with Crippen LogP contribution in [0.2, 0.25) is 0 Å². The first-order valence-electron chi connectivity index (χ1n) is 15.3. The zero-order valence-corrected chi connectivity index (χ0v) is 27.9. The summed E-state index contributed by atoms with van der Waals surface area (Å²) in [6, 6.07) is 17.2. The molecule has 3 N–H and O–H groups in total. The van der Waals surface area contributed by atoms with E-state index in [1.165, 1.54) is 13.8 Å². The molecule has 0 bridgehead atoms. The minimum atomic E-state index is -4.61. The van der Waals surface area contributed by atoms with Crippen LogP contribution in [0.25, 0.3) is 5.69 Å². The second kappa shape index (κ2) is 12.8. The average molecular weight is 648 g/mol. The van der Waals surface area contributed by atoms with E-state index in [0.717, 1.165) is 41.8 Å². The van der Waals surface area contributed by atoms with Gasteiger partial charge in [0.25, 0.3) is 16.0 Å². The lowest BCUT2D eigenvalue weighted by atomic mass is 9.90. The first kappa shape index (κ1) is 33.0. The number of furan rings is 1. The Kier molecular flexibility index (Phi) is 9.14. The Hall–Kier alpha value is -4.42. The minimum Gasteiger partial charge on any atom is -0.464 e. The Bertz CT molecular complexity index is 1860. The number of piperidine rings is 1. The number of likely N-dealkylation sites (tertiary alicyclic amines) is 1.